The first-order valence-electron chi connectivity index (χ1n) is 13.7. The molecular weight excluding hydrogens is 587 g/mol. The van der Waals surface area contributed by atoms with Crippen LogP contribution in [0.4, 0.5) is 4.39 Å². The molecule has 0 fully saturated rings. The van der Waals surface area contributed by atoms with Gasteiger partial charge in [0.1, 0.15) is 17.3 Å². The summed E-state index contributed by atoms with van der Waals surface area (Å²) < 4.78 is 48.6. The van der Waals surface area contributed by atoms with E-state index in [0.717, 1.165) is 43.2 Å². The van der Waals surface area contributed by atoms with Gasteiger partial charge in [0.25, 0.3) is 0 Å². The number of benzene rings is 3. The molecule has 0 saturated carbocycles. The SMILES string of the molecule is O=C(O)CCCOc1cccc(CCCCCCOc2cc(-c3ccc(F)c(Cl)c3)cc([SH](=O)=O)c2)c1CCC(=O)O. The van der Waals surface area contributed by atoms with Crippen LogP contribution in [-0.2, 0) is 33.1 Å². The number of hydrogen-bond donors (Lipinski definition) is 3. The van der Waals surface area contributed by atoms with Gasteiger partial charge in [-0.1, -0.05) is 42.6 Å². The summed E-state index contributed by atoms with van der Waals surface area (Å²) in [5, 5.41) is 17.9. The molecule has 226 valence electrons. The normalized spacial score (nSPS) is 11.0. The van der Waals surface area contributed by atoms with Crippen molar-refractivity contribution in [3.05, 3.63) is 76.6 Å². The summed E-state index contributed by atoms with van der Waals surface area (Å²) in [4.78, 5) is 22.0. The molecule has 0 unspecified atom stereocenters. The number of aryl methyl sites for hydroxylation is 1. The van der Waals surface area contributed by atoms with Crippen LogP contribution in [0.3, 0.4) is 0 Å². The number of halogens is 2. The second kappa shape index (κ2) is 16.7. The summed E-state index contributed by atoms with van der Waals surface area (Å²) in [5.74, 6) is -1.37. The lowest BCUT2D eigenvalue weighted by Crippen LogP contribution is -2.07. The average Bonchev–Trinajstić information content (AvgIpc) is 2.95. The van der Waals surface area contributed by atoms with Crippen molar-refractivity contribution in [3.63, 3.8) is 0 Å². The maximum atomic E-state index is 13.6. The molecule has 3 aromatic carbocycles. The number of aliphatic carboxylic acids is 2. The van der Waals surface area contributed by atoms with Gasteiger partial charge in [-0.2, -0.15) is 0 Å². The van der Waals surface area contributed by atoms with Gasteiger partial charge in [0, 0.05) is 12.8 Å². The highest BCUT2D eigenvalue weighted by Gasteiger charge is 2.13. The van der Waals surface area contributed by atoms with E-state index in [1.54, 1.807) is 12.1 Å². The zero-order chi connectivity index (χ0) is 30.5. The Balaban J connectivity index is 1.52. The minimum absolute atomic E-state index is 0.00218. The van der Waals surface area contributed by atoms with E-state index in [1.807, 2.05) is 12.1 Å². The molecule has 0 heterocycles. The first-order chi connectivity index (χ1) is 20.1. The molecule has 0 aliphatic carbocycles. The lowest BCUT2D eigenvalue weighted by atomic mass is 9.97. The number of carboxylic acids is 2. The number of carbonyl (C=O) groups is 2. The molecule has 3 rings (SSSR count). The lowest BCUT2D eigenvalue weighted by molar-refractivity contribution is -0.138. The molecule has 11 heteroatoms. The van der Waals surface area contributed by atoms with Gasteiger partial charge in [0.2, 0.25) is 0 Å². The van der Waals surface area contributed by atoms with Crippen LogP contribution in [0.2, 0.25) is 5.02 Å². The monoisotopic (exact) mass is 620 g/mol. The van der Waals surface area contributed by atoms with E-state index in [9.17, 15) is 27.5 Å². The van der Waals surface area contributed by atoms with Crippen LogP contribution >= 0.6 is 11.6 Å². The van der Waals surface area contributed by atoms with E-state index in [-0.39, 0.29) is 29.4 Å². The van der Waals surface area contributed by atoms with Gasteiger partial charge in [-0.05, 0) is 90.8 Å². The van der Waals surface area contributed by atoms with Gasteiger partial charge in [-0.3, -0.25) is 9.59 Å². The van der Waals surface area contributed by atoms with Crippen molar-refractivity contribution in [1.29, 1.82) is 0 Å². The predicted octanol–water partition coefficient (Wildman–Crippen LogP) is 6.56. The number of thiol groups is 1. The Hall–Kier alpha value is -3.63. The van der Waals surface area contributed by atoms with Crippen LogP contribution in [0.15, 0.2) is 59.5 Å². The van der Waals surface area contributed by atoms with Crippen molar-refractivity contribution < 1.29 is 42.1 Å². The van der Waals surface area contributed by atoms with Crippen LogP contribution in [0.25, 0.3) is 11.1 Å². The molecule has 8 nitrogen and oxygen atoms in total. The van der Waals surface area contributed by atoms with Crippen molar-refractivity contribution in [2.45, 2.75) is 62.7 Å². The smallest absolute Gasteiger partial charge is 0.303 e. The maximum Gasteiger partial charge on any atom is 0.303 e. The third-order valence-electron chi connectivity index (χ3n) is 6.58. The van der Waals surface area contributed by atoms with Crippen LogP contribution in [0.1, 0.15) is 56.1 Å². The Kier molecular flexibility index (Phi) is 13.1. The topological polar surface area (TPSA) is 127 Å². The van der Waals surface area contributed by atoms with Gasteiger partial charge in [-0.15, -0.1) is 0 Å². The summed E-state index contributed by atoms with van der Waals surface area (Å²) in [5.41, 5.74) is 2.98. The molecule has 0 spiro atoms. The van der Waals surface area contributed by atoms with Crippen molar-refractivity contribution in [2.24, 2.45) is 0 Å². The van der Waals surface area contributed by atoms with Crippen LogP contribution in [-0.4, -0.2) is 43.8 Å². The average molecular weight is 621 g/mol. The van der Waals surface area contributed by atoms with Crippen LogP contribution in [0, 0.1) is 5.82 Å². The fourth-order valence-electron chi connectivity index (χ4n) is 4.48. The van der Waals surface area contributed by atoms with Crippen LogP contribution in [0.5, 0.6) is 11.5 Å². The molecule has 0 atom stereocenters. The van der Waals surface area contributed by atoms with Crippen molar-refractivity contribution in [2.75, 3.05) is 13.2 Å². The fraction of sp³-hybridized carbons (Fsp3) is 0.355. The van der Waals surface area contributed by atoms with E-state index < -0.39 is 28.5 Å². The molecule has 0 aliphatic heterocycles. The number of unbranched alkanes of at least 4 members (excludes halogenated alkanes) is 3. The molecule has 2 N–H and O–H groups in total. The Labute approximate surface area is 251 Å². The molecule has 0 aliphatic rings. The quantitative estimate of drug-likeness (QED) is 0.108. The minimum Gasteiger partial charge on any atom is -0.494 e. The molecule has 0 aromatic heterocycles. The number of ether oxygens (including phenoxy) is 2. The lowest BCUT2D eigenvalue weighted by Gasteiger charge is -2.15. The molecule has 0 bridgehead atoms. The Morgan fingerprint density at radius 2 is 1.52 bits per heavy atom. The Morgan fingerprint density at radius 1 is 0.786 bits per heavy atom. The van der Waals surface area contributed by atoms with Crippen molar-refractivity contribution in [1.82, 2.24) is 0 Å². The molecule has 3 aromatic rings. The summed E-state index contributed by atoms with van der Waals surface area (Å²) >= 11 is 5.90. The first-order valence-corrected chi connectivity index (χ1v) is 15.2. The molecule has 0 amide bonds. The van der Waals surface area contributed by atoms with Gasteiger partial charge in [0.15, 0.2) is 10.7 Å². The number of hydrogen-bond acceptors (Lipinski definition) is 6. The Bertz CT molecular complexity index is 1450. The summed E-state index contributed by atoms with van der Waals surface area (Å²) in [6.07, 6.45) is 4.77. The fourth-order valence-corrected chi connectivity index (χ4v) is 5.13. The summed E-state index contributed by atoms with van der Waals surface area (Å²) in [7, 11) is -2.85. The predicted molar refractivity (Wildman–Crippen MR) is 158 cm³/mol. The van der Waals surface area contributed by atoms with Gasteiger partial charge in [-0.25, -0.2) is 12.8 Å². The molecule has 0 radical (unpaired) electrons. The van der Waals surface area contributed by atoms with E-state index >= 15 is 0 Å². The highest BCUT2D eigenvalue weighted by molar-refractivity contribution is 7.72. The van der Waals surface area contributed by atoms with Crippen LogP contribution < -0.4 is 9.47 Å². The van der Waals surface area contributed by atoms with E-state index in [1.165, 1.54) is 30.3 Å². The maximum absolute atomic E-state index is 13.6. The minimum atomic E-state index is -2.85. The second-order valence-corrected chi connectivity index (χ2v) is 11.2. The largest absolute Gasteiger partial charge is 0.494 e. The van der Waals surface area contributed by atoms with Crippen molar-refractivity contribution in [3.8, 4) is 22.6 Å². The molecule has 42 heavy (non-hydrogen) atoms. The van der Waals surface area contributed by atoms with E-state index in [2.05, 4.69) is 0 Å². The Morgan fingerprint density at radius 3 is 2.24 bits per heavy atom. The number of rotatable bonds is 18. The zero-order valence-electron chi connectivity index (χ0n) is 23.0. The third kappa shape index (κ3) is 10.6. The standard InChI is InChI=1S/C31H34ClFO8S/c32-27-19-22(11-13-28(27)33)23-17-24(20-25(18-23)42(38)39)40-15-4-2-1-3-7-21-8-5-9-29(26(21)12-14-31(36)37)41-16-6-10-30(34)35/h5,8-9,11,13,17-20,42H,1-4,6-7,10,12,14-16H2,(H,34,35)(H,36,37). The van der Waals surface area contributed by atoms with Gasteiger partial charge < -0.3 is 19.7 Å². The highest BCUT2D eigenvalue weighted by Crippen LogP contribution is 2.30. The van der Waals surface area contributed by atoms with E-state index in [0.29, 0.717) is 42.1 Å². The summed E-state index contributed by atoms with van der Waals surface area (Å²) in [6.45, 7) is 0.620. The molecular formula is C31H34ClFO8S. The second-order valence-electron chi connectivity index (χ2n) is 9.75. The third-order valence-corrected chi connectivity index (χ3v) is 7.55. The van der Waals surface area contributed by atoms with Gasteiger partial charge >= 0.3 is 11.9 Å². The highest BCUT2D eigenvalue weighted by atomic mass is 35.5. The zero-order valence-corrected chi connectivity index (χ0v) is 24.7. The number of carboxylic acid groups (broad SMARTS) is 2. The van der Waals surface area contributed by atoms with Gasteiger partial charge in [0.05, 0.1) is 23.1 Å². The first kappa shape index (κ1) is 32.9. The van der Waals surface area contributed by atoms with E-state index in [4.69, 9.17) is 26.2 Å². The summed E-state index contributed by atoms with van der Waals surface area (Å²) in [6, 6.07) is 14.4. The van der Waals surface area contributed by atoms with Crippen molar-refractivity contribution >= 4 is 34.2 Å². The molecule has 0 saturated heterocycles.